The third-order valence-electron chi connectivity index (χ3n) is 4.57. The zero-order valence-electron chi connectivity index (χ0n) is 13.2. The van der Waals surface area contributed by atoms with Crippen LogP contribution in [0, 0.1) is 5.41 Å². The summed E-state index contributed by atoms with van der Waals surface area (Å²) in [6.07, 6.45) is 3.18. The Morgan fingerprint density at radius 2 is 1.79 bits per heavy atom. The molecule has 1 unspecified atom stereocenters. The van der Waals surface area contributed by atoms with Crippen molar-refractivity contribution in [1.82, 2.24) is 0 Å². The van der Waals surface area contributed by atoms with Gasteiger partial charge in [0, 0.05) is 38.4 Å². The van der Waals surface area contributed by atoms with E-state index in [1.165, 1.54) is 0 Å². The first-order valence-corrected chi connectivity index (χ1v) is 9.73. The Hall–Kier alpha value is 0.0569. The van der Waals surface area contributed by atoms with Gasteiger partial charge in [0.05, 0.1) is 13.2 Å². The Bertz CT molecular complexity index is 233. The second kappa shape index (κ2) is 7.74. The number of rotatable bonds is 10. The van der Waals surface area contributed by atoms with E-state index < -0.39 is 8.56 Å². The predicted octanol–water partition coefficient (Wildman–Crippen LogP) is 2.96. The summed E-state index contributed by atoms with van der Waals surface area (Å²) >= 11 is 0. The summed E-state index contributed by atoms with van der Waals surface area (Å²) < 4.78 is 22.8. The van der Waals surface area contributed by atoms with Gasteiger partial charge in [-0.05, 0) is 25.8 Å². The van der Waals surface area contributed by atoms with Gasteiger partial charge in [0.1, 0.15) is 0 Å². The molecular formula is C14H30O4Si. The molecule has 5 heteroatoms. The van der Waals surface area contributed by atoms with Gasteiger partial charge in [0.15, 0.2) is 0 Å². The zero-order chi connectivity index (χ0) is 14.4. The third kappa shape index (κ3) is 3.79. The van der Waals surface area contributed by atoms with Crippen LogP contribution >= 0.6 is 0 Å². The summed E-state index contributed by atoms with van der Waals surface area (Å²) in [5.41, 5.74) is 0.647. The monoisotopic (exact) mass is 290 g/mol. The van der Waals surface area contributed by atoms with Crippen molar-refractivity contribution in [2.75, 3.05) is 40.6 Å². The van der Waals surface area contributed by atoms with Crippen molar-refractivity contribution < 1.29 is 18.3 Å². The Kier molecular flexibility index (Phi) is 6.97. The molecule has 114 valence electrons. The molecule has 4 nitrogen and oxygen atoms in total. The molecule has 0 saturated carbocycles. The van der Waals surface area contributed by atoms with Crippen molar-refractivity contribution >= 4 is 8.56 Å². The molecule has 0 amide bonds. The zero-order valence-corrected chi connectivity index (χ0v) is 14.2. The second-order valence-corrected chi connectivity index (χ2v) is 9.13. The van der Waals surface area contributed by atoms with Crippen molar-refractivity contribution in [3.63, 3.8) is 0 Å². The van der Waals surface area contributed by atoms with Crippen LogP contribution < -0.4 is 0 Å². The maximum Gasteiger partial charge on any atom is 0.338 e. The fraction of sp³-hybridized carbons (Fsp3) is 1.00. The molecule has 1 rings (SSSR count). The summed E-state index contributed by atoms with van der Waals surface area (Å²) in [5, 5.41) is 0. The molecule has 19 heavy (non-hydrogen) atoms. The summed E-state index contributed by atoms with van der Waals surface area (Å²) in [7, 11) is 1.38. The van der Waals surface area contributed by atoms with Crippen LogP contribution in [0.2, 0.25) is 12.1 Å². The maximum atomic E-state index is 5.80. The molecular weight excluding hydrogens is 260 g/mol. The van der Waals surface area contributed by atoms with Crippen LogP contribution in [0.3, 0.4) is 0 Å². The quantitative estimate of drug-likeness (QED) is 0.458. The van der Waals surface area contributed by atoms with E-state index in [-0.39, 0.29) is 5.41 Å². The fourth-order valence-electron chi connectivity index (χ4n) is 2.96. The van der Waals surface area contributed by atoms with E-state index in [1.807, 2.05) is 0 Å². The molecule has 1 aliphatic rings. The van der Waals surface area contributed by atoms with Gasteiger partial charge < -0.3 is 18.3 Å². The highest BCUT2D eigenvalue weighted by atomic mass is 28.4. The van der Waals surface area contributed by atoms with Gasteiger partial charge in [0.2, 0.25) is 0 Å². The van der Waals surface area contributed by atoms with E-state index in [0.717, 1.165) is 45.7 Å². The van der Waals surface area contributed by atoms with E-state index in [9.17, 15) is 0 Å². The lowest BCUT2D eigenvalue weighted by Crippen LogP contribution is -2.57. The van der Waals surface area contributed by atoms with Crippen LogP contribution in [0.1, 0.15) is 33.1 Å². The highest BCUT2D eigenvalue weighted by Gasteiger charge is 2.54. The van der Waals surface area contributed by atoms with E-state index in [2.05, 4.69) is 20.4 Å². The predicted molar refractivity (Wildman–Crippen MR) is 78.7 cm³/mol. The maximum absolute atomic E-state index is 5.80. The Labute approximate surface area is 119 Å². The second-order valence-electron chi connectivity index (χ2n) is 5.59. The van der Waals surface area contributed by atoms with Gasteiger partial charge in [-0.15, -0.1) is 0 Å². The molecule has 0 aromatic rings. The molecule has 0 N–H and O–H groups in total. The molecule has 0 spiro atoms. The molecule has 1 heterocycles. The van der Waals surface area contributed by atoms with Gasteiger partial charge in [-0.25, -0.2) is 0 Å². The highest BCUT2D eigenvalue weighted by molar-refractivity contribution is 6.67. The van der Waals surface area contributed by atoms with E-state index in [1.54, 1.807) is 14.2 Å². The molecule has 0 aliphatic carbocycles. The first-order chi connectivity index (χ1) is 9.08. The molecule has 1 atom stereocenters. The number of ether oxygens (including phenoxy) is 2. The van der Waals surface area contributed by atoms with E-state index in [4.69, 9.17) is 18.3 Å². The lowest BCUT2D eigenvalue weighted by atomic mass is 9.78. The molecule has 0 radical (unpaired) electrons. The fourth-order valence-corrected chi connectivity index (χ4v) is 5.82. The van der Waals surface area contributed by atoms with Crippen LogP contribution in [0.5, 0.6) is 0 Å². The van der Waals surface area contributed by atoms with Crippen molar-refractivity contribution in [2.45, 2.75) is 45.2 Å². The van der Waals surface area contributed by atoms with Crippen LogP contribution in [0.25, 0.3) is 0 Å². The molecule has 0 aromatic heterocycles. The minimum Gasteiger partial charge on any atom is -0.398 e. The van der Waals surface area contributed by atoms with Gasteiger partial charge in [-0.3, -0.25) is 0 Å². The first kappa shape index (κ1) is 17.1. The lowest BCUT2D eigenvalue weighted by molar-refractivity contribution is -0.127. The Balaban J connectivity index is 2.72. The Morgan fingerprint density at radius 3 is 2.16 bits per heavy atom. The summed E-state index contributed by atoms with van der Waals surface area (Å²) in [6.45, 7) is 9.81. The smallest absolute Gasteiger partial charge is 0.338 e. The van der Waals surface area contributed by atoms with Gasteiger partial charge in [-0.1, -0.05) is 13.8 Å². The minimum atomic E-state index is -2.17. The minimum absolute atomic E-state index is 0.225. The first-order valence-electron chi connectivity index (χ1n) is 7.34. The van der Waals surface area contributed by atoms with Crippen molar-refractivity contribution in [1.29, 1.82) is 0 Å². The summed E-state index contributed by atoms with van der Waals surface area (Å²) in [4.78, 5) is 0. The number of hydrogen-bond acceptors (Lipinski definition) is 4. The molecule has 0 bridgehead atoms. The largest absolute Gasteiger partial charge is 0.398 e. The standard InChI is InChI=1S/C14H30O4Si/c1-6-9-17-10-8-13(19(5,15-3)16-4)14(7-2)11-18-12-14/h13H,6-12H2,1-5H3. The van der Waals surface area contributed by atoms with Crippen LogP contribution in [0.4, 0.5) is 0 Å². The lowest BCUT2D eigenvalue weighted by Gasteiger charge is -2.51. The van der Waals surface area contributed by atoms with E-state index >= 15 is 0 Å². The van der Waals surface area contributed by atoms with Crippen molar-refractivity contribution in [3.05, 3.63) is 0 Å². The summed E-state index contributed by atoms with van der Waals surface area (Å²) in [5.74, 6) is 0. The van der Waals surface area contributed by atoms with Crippen LogP contribution in [-0.2, 0) is 18.3 Å². The molecule has 1 saturated heterocycles. The van der Waals surface area contributed by atoms with E-state index in [0.29, 0.717) is 5.54 Å². The third-order valence-corrected chi connectivity index (χ3v) is 8.35. The molecule has 1 aliphatic heterocycles. The van der Waals surface area contributed by atoms with Crippen molar-refractivity contribution in [3.8, 4) is 0 Å². The van der Waals surface area contributed by atoms with Gasteiger partial charge >= 0.3 is 8.56 Å². The highest BCUT2D eigenvalue weighted by Crippen LogP contribution is 2.50. The topological polar surface area (TPSA) is 36.9 Å². The van der Waals surface area contributed by atoms with Crippen LogP contribution in [0.15, 0.2) is 0 Å². The molecule has 1 fully saturated rings. The normalized spacial score (nSPS) is 20.1. The SMILES string of the molecule is CCCOCCC(C1(CC)COC1)[Si](C)(OC)OC. The van der Waals surface area contributed by atoms with Crippen LogP contribution in [-0.4, -0.2) is 49.2 Å². The van der Waals surface area contributed by atoms with Crippen molar-refractivity contribution in [2.24, 2.45) is 5.41 Å². The average molecular weight is 290 g/mol. The van der Waals surface area contributed by atoms with Gasteiger partial charge in [0.25, 0.3) is 0 Å². The molecule has 0 aromatic carbocycles. The Morgan fingerprint density at radius 1 is 1.16 bits per heavy atom. The number of hydrogen-bond donors (Lipinski definition) is 0. The summed E-state index contributed by atoms with van der Waals surface area (Å²) in [6, 6.07) is 0. The van der Waals surface area contributed by atoms with Gasteiger partial charge in [-0.2, -0.15) is 0 Å². The average Bonchev–Trinajstić information content (AvgIpc) is 2.39.